The molecule has 0 spiro atoms. The van der Waals surface area contributed by atoms with Crippen molar-refractivity contribution in [1.29, 1.82) is 0 Å². The zero-order valence-electron chi connectivity index (χ0n) is 15.4. The van der Waals surface area contributed by atoms with Gasteiger partial charge in [-0.2, -0.15) is 0 Å². The minimum absolute atomic E-state index is 0. The Morgan fingerprint density at radius 2 is 1.96 bits per heavy atom. The van der Waals surface area contributed by atoms with Crippen molar-refractivity contribution in [2.45, 2.75) is 19.4 Å². The van der Waals surface area contributed by atoms with Crippen LogP contribution in [0.25, 0.3) is 0 Å². The topological polar surface area (TPSA) is 81.6 Å². The van der Waals surface area contributed by atoms with E-state index in [1.54, 1.807) is 12.1 Å². The molecule has 0 saturated carbocycles. The van der Waals surface area contributed by atoms with E-state index in [1.807, 2.05) is 13.0 Å². The lowest BCUT2D eigenvalue weighted by atomic mass is 9.89. The normalized spacial score (nSPS) is 19.5. The summed E-state index contributed by atoms with van der Waals surface area (Å²) in [4.78, 5) is 13.1. The Bertz CT molecular complexity index is 757. The van der Waals surface area contributed by atoms with Gasteiger partial charge in [0, 0.05) is 43.2 Å². The molecule has 2 aromatic carbocycles. The molecule has 1 aliphatic rings. The second-order valence-electron chi connectivity index (χ2n) is 6.69. The zero-order chi connectivity index (χ0) is 18.5. The van der Waals surface area contributed by atoms with Crippen LogP contribution in [0, 0.1) is 16.0 Å². The molecule has 27 heavy (non-hydrogen) atoms. The first-order valence-electron chi connectivity index (χ1n) is 8.99. The van der Waals surface area contributed by atoms with Crippen molar-refractivity contribution in [2.75, 3.05) is 26.2 Å². The van der Waals surface area contributed by atoms with E-state index in [4.69, 9.17) is 10.5 Å². The first-order valence-corrected chi connectivity index (χ1v) is 8.99. The van der Waals surface area contributed by atoms with Gasteiger partial charge in [0.1, 0.15) is 5.75 Å². The molecule has 1 heterocycles. The molecule has 0 aliphatic carbocycles. The molecule has 1 fully saturated rings. The Morgan fingerprint density at radius 3 is 2.59 bits per heavy atom. The number of nitro benzene ring substituents is 1. The SMILES string of the molecule is CCOc1ccc([N+](=O)[O-])cc1CN1C[C@@H](CN)[C@H](c2ccccc2)C1.Cl. The lowest BCUT2D eigenvalue weighted by molar-refractivity contribution is -0.385. The predicted molar refractivity (Wildman–Crippen MR) is 109 cm³/mol. The third-order valence-corrected chi connectivity index (χ3v) is 5.00. The summed E-state index contributed by atoms with van der Waals surface area (Å²) in [7, 11) is 0. The fourth-order valence-corrected chi connectivity index (χ4v) is 3.75. The van der Waals surface area contributed by atoms with Crippen LogP contribution >= 0.6 is 12.4 Å². The van der Waals surface area contributed by atoms with Crippen molar-refractivity contribution in [3.05, 3.63) is 69.8 Å². The molecule has 0 bridgehead atoms. The highest BCUT2D eigenvalue weighted by molar-refractivity contribution is 5.85. The number of hydrogen-bond acceptors (Lipinski definition) is 5. The molecular weight excluding hydrogens is 366 g/mol. The van der Waals surface area contributed by atoms with Gasteiger partial charge in [-0.25, -0.2) is 0 Å². The van der Waals surface area contributed by atoms with E-state index in [-0.39, 0.29) is 23.0 Å². The fourth-order valence-electron chi connectivity index (χ4n) is 3.75. The van der Waals surface area contributed by atoms with E-state index in [9.17, 15) is 10.1 Å². The minimum Gasteiger partial charge on any atom is -0.494 e. The van der Waals surface area contributed by atoms with Crippen molar-refractivity contribution in [1.82, 2.24) is 4.90 Å². The molecule has 2 N–H and O–H groups in total. The van der Waals surface area contributed by atoms with Gasteiger partial charge < -0.3 is 10.5 Å². The highest BCUT2D eigenvalue weighted by Gasteiger charge is 2.33. The molecular formula is C20H26ClN3O3. The summed E-state index contributed by atoms with van der Waals surface area (Å²) in [6.07, 6.45) is 0. The van der Waals surface area contributed by atoms with Crippen LogP contribution in [0.3, 0.4) is 0 Å². The smallest absolute Gasteiger partial charge is 0.270 e. The van der Waals surface area contributed by atoms with Gasteiger partial charge in [0.25, 0.3) is 5.69 Å². The Kier molecular flexibility index (Phi) is 7.59. The summed E-state index contributed by atoms with van der Waals surface area (Å²) in [5.41, 5.74) is 8.27. The number of benzene rings is 2. The molecule has 0 aromatic heterocycles. The third-order valence-electron chi connectivity index (χ3n) is 5.00. The Hall–Kier alpha value is -2.15. The van der Waals surface area contributed by atoms with Crippen molar-refractivity contribution < 1.29 is 9.66 Å². The second kappa shape index (κ2) is 9.69. The van der Waals surface area contributed by atoms with Crippen molar-refractivity contribution >= 4 is 18.1 Å². The molecule has 146 valence electrons. The highest BCUT2D eigenvalue weighted by Crippen LogP contribution is 2.34. The molecule has 1 aliphatic heterocycles. The number of rotatable bonds is 7. The van der Waals surface area contributed by atoms with Crippen molar-refractivity contribution in [3.63, 3.8) is 0 Å². The van der Waals surface area contributed by atoms with Crippen molar-refractivity contribution in [3.8, 4) is 5.75 Å². The number of likely N-dealkylation sites (tertiary alicyclic amines) is 1. The molecule has 0 radical (unpaired) electrons. The average Bonchev–Trinajstić information content (AvgIpc) is 3.07. The maximum atomic E-state index is 11.1. The van der Waals surface area contributed by atoms with Gasteiger partial charge in [0.15, 0.2) is 0 Å². The molecule has 1 saturated heterocycles. The Labute approximate surface area is 165 Å². The number of ether oxygens (including phenoxy) is 1. The van der Waals surface area contributed by atoms with Crippen LogP contribution in [-0.2, 0) is 6.54 Å². The standard InChI is InChI=1S/C20H25N3O3.ClH/c1-2-26-20-9-8-18(23(24)25)10-16(20)12-22-13-17(11-21)19(14-22)15-6-4-3-5-7-15;/h3-10,17,19H,2,11-14,21H2,1H3;1H/t17-,19+;/m1./s1. The molecule has 7 heteroatoms. The van der Waals surface area contributed by atoms with Crippen LogP contribution in [0.5, 0.6) is 5.75 Å². The monoisotopic (exact) mass is 391 g/mol. The first kappa shape index (κ1) is 21.2. The second-order valence-corrected chi connectivity index (χ2v) is 6.69. The highest BCUT2D eigenvalue weighted by atomic mass is 35.5. The summed E-state index contributed by atoms with van der Waals surface area (Å²) < 4.78 is 5.67. The summed E-state index contributed by atoms with van der Waals surface area (Å²) in [5.74, 6) is 1.48. The van der Waals surface area contributed by atoms with Gasteiger partial charge in [0.2, 0.25) is 0 Å². The molecule has 0 unspecified atom stereocenters. The van der Waals surface area contributed by atoms with Gasteiger partial charge in [-0.3, -0.25) is 15.0 Å². The van der Waals surface area contributed by atoms with E-state index in [1.165, 1.54) is 11.6 Å². The molecule has 0 amide bonds. The van der Waals surface area contributed by atoms with Gasteiger partial charge in [-0.1, -0.05) is 30.3 Å². The third kappa shape index (κ3) is 4.97. The maximum Gasteiger partial charge on any atom is 0.270 e. The average molecular weight is 392 g/mol. The largest absolute Gasteiger partial charge is 0.494 e. The summed E-state index contributed by atoms with van der Waals surface area (Å²) in [5, 5.41) is 11.1. The molecule has 2 aromatic rings. The van der Waals surface area contributed by atoms with Crippen molar-refractivity contribution in [2.24, 2.45) is 11.7 Å². The van der Waals surface area contributed by atoms with E-state index >= 15 is 0 Å². The van der Waals surface area contributed by atoms with Gasteiger partial charge in [-0.15, -0.1) is 12.4 Å². The molecule has 3 rings (SSSR count). The Balaban J connectivity index is 0.00000261. The van der Waals surface area contributed by atoms with Gasteiger partial charge in [-0.05, 0) is 31.0 Å². The summed E-state index contributed by atoms with van der Waals surface area (Å²) in [6, 6.07) is 15.2. The van der Waals surface area contributed by atoms with Crippen LogP contribution in [0.2, 0.25) is 0 Å². The first-order chi connectivity index (χ1) is 12.6. The van der Waals surface area contributed by atoms with Crippen LogP contribution < -0.4 is 10.5 Å². The van der Waals surface area contributed by atoms with E-state index < -0.39 is 0 Å². The van der Waals surface area contributed by atoms with Crippen LogP contribution in [0.4, 0.5) is 5.69 Å². The van der Waals surface area contributed by atoms with E-state index in [0.29, 0.717) is 37.3 Å². The van der Waals surface area contributed by atoms with Crippen LogP contribution in [-0.4, -0.2) is 36.1 Å². The molecule has 6 nitrogen and oxygen atoms in total. The molecule has 2 atom stereocenters. The number of nitro groups is 1. The number of hydrogen-bond donors (Lipinski definition) is 1. The zero-order valence-corrected chi connectivity index (χ0v) is 16.2. The van der Waals surface area contributed by atoms with Gasteiger partial charge in [0.05, 0.1) is 11.5 Å². The lowest BCUT2D eigenvalue weighted by Crippen LogP contribution is -2.23. The Morgan fingerprint density at radius 1 is 1.22 bits per heavy atom. The predicted octanol–water partition coefficient (Wildman–Crippen LogP) is 3.59. The summed E-state index contributed by atoms with van der Waals surface area (Å²) in [6.45, 7) is 5.46. The quantitative estimate of drug-likeness (QED) is 0.576. The maximum absolute atomic E-state index is 11.1. The van der Waals surface area contributed by atoms with Crippen LogP contribution in [0.1, 0.15) is 24.0 Å². The number of non-ortho nitro benzene ring substituents is 1. The number of halogens is 1. The number of nitrogens with zero attached hydrogens (tertiary/aromatic N) is 2. The fraction of sp³-hybridized carbons (Fsp3) is 0.400. The minimum atomic E-state index is -0.362. The number of nitrogens with two attached hydrogens (primary N) is 1. The van der Waals surface area contributed by atoms with E-state index in [2.05, 4.69) is 29.2 Å². The van der Waals surface area contributed by atoms with Crippen LogP contribution in [0.15, 0.2) is 48.5 Å². The van der Waals surface area contributed by atoms with Gasteiger partial charge >= 0.3 is 0 Å². The van der Waals surface area contributed by atoms with E-state index in [0.717, 1.165) is 18.7 Å². The summed E-state index contributed by atoms with van der Waals surface area (Å²) >= 11 is 0. The lowest BCUT2D eigenvalue weighted by Gasteiger charge is -2.18.